The van der Waals surface area contributed by atoms with E-state index in [2.05, 4.69) is 26.0 Å². The second-order valence-corrected chi connectivity index (χ2v) is 9.12. The molecule has 3 rings (SSSR count). The van der Waals surface area contributed by atoms with Gasteiger partial charge in [-0.05, 0) is 61.2 Å². The number of halogens is 1. The quantitative estimate of drug-likeness (QED) is 0.203. The van der Waals surface area contributed by atoms with Gasteiger partial charge in [-0.1, -0.05) is 77.7 Å². The number of ether oxygens (including phenoxy) is 1. The highest BCUT2D eigenvalue weighted by molar-refractivity contribution is 5.77. The molecule has 180 valence electrons. The number of benzene rings is 2. The first-order chi connectivity index (χ1) is 16.2. The fourth-order valence-electron chi connectivity index (χ4n) is 4.12. The van der Waals surface area contributed by atoms with E-state index in [0.29, 0.717) is 18.1 Å². The van der Waals surface area contributed by atoms with Crippen LogP contribution in [0.4, 0.5) is 4.39 Å². The van der Waals surface area contributed by atoms with Crippen LogP contribution in [0.3, 0.4) is 0 Å². The van der Waals surface area contributed by atoms with Gasteiger partial charge in [-0.15, -0.1) is 0 Å². The second-order valence-electron chi connectivity index (χ2n) is 9.12. The topological polar surface area (TPSA) is 35.3 Å². The minimum atomic E-state index is -0.913. The molecule has 1 heterocycles. The van der Waals surface area contributed by atoms with E-state index in [0.717, 1.165) is 35.9 Å². The molecule has 1 atom stereocenters. The van der Waals surface area contributed by atoms with Crippen LogP contribution >= 0.6 is 0 Å². The van der Waals surface area contributed by atoms with Gasteiger partial charge < -0.3 is 9.15 Å². The molecule has 0 bridgehead atoms. The summed E-state index contributed by atoms with van der Waals surface area (Å²) < 4.78 is 25.6. The van der Waals surface area contributed by atoms with Gasteiger partial charge in [0.15, 0.2) is 5.58 Å². The van der Waals surface area contributed by atoms with Gasteiger partial charge in [0.25, 0.3) is 0 Å². The number of fused-ring (bicyclic) bond motifs is 1. The number of aromatic nitrogens is 1. The molecule has 0 spiro atoms. The zero-order chi connectivity index (χ0) is 23.3. The van der Waals surface area contributed by atoms with E-state index in [9.17, 15) is 4.39 Å². The van der Waals surface area contributed by atoms with Crippen molar-refractivity contribution < 1.29 is 13.5 Å². The molecule has 1 aromatic heterocycles. The highest BCUT2D eigenvalue weighted by Gasteiger charge is 2.11. The lowest BCUT2D eigenvalue weighted by Crippen LogP contribution is -2.12. The molecular weight excluding hydrogens is 413 g/mol. The molecule has 33 heavy (non-hydrogen) atoms. The van der Waals surface area contributed by atoms with Crippen LogP contribution in [0.1, 0.15) is 90.0 Å². The Labute approximate surface area is 198 Å². The van der Waals surface area contributed by atoms with E-state index in [4.69, 9.17) is 14.1 Å². The standard InChI is InChI=1S/C29H40FNO2/c1-3-5-7-9-10-11-13-23-15-20-28-27(21-23)31-29(33-28)24-16-18-26(19-17-24)32-22-25(30)14-12-8-6-4-2/h15-21,25H,3-14,22H2,1-2H3. The van der Waals surface area contributed by atoms with Crippen molar-refractivity contribution in [3.8, 4) is 17.2 Å². The summed E-state index contributed by atoms with van der Waals surface area (Å²) >= 11 is 0. The molecule has 0 saturated carbocycles. The van der Waals surface area contributed by atoms with Gasteiger partial charge in [0.05, 0.1) is 0 Å². The molecule has 0 aliphatic heterocycles. The van der Waals surface area contributed by atoms with Crippen LogP contribution in [-0.2, 0) is 6.42 Å². The minimum absolute atomic E-state index is 0.107. The Morgan fingerprint density at radius 2 is 1.55 bits per heavy atom. The average Bonchev–Trinajstić information content (AvgIpc) is 3.26. The van der Waals surface area contributed by atoms with Crippen molar-refractivity contribution in [1.82, 2.24) is 4.98 Å². The lowest BCUT2D eigenvalue weighted by molar-refractivity contribution is 0.184. The molecule has 0 aliphatic carbocycles. The van der Waals surface area contributed by atoms with Gasteiger partial charge in [-0.2, -0.15) is 0 Å². The van der Waals surface area contributed by atoms with E-state index in [-0.39, 0.29) is 6.61 Å². The van der Waals surface area contributed by atoms with Crippen molar-refractivity contribution >= 4 is 11.1 Å². The summed E-state index contributed by atoms with van der Waals surface area (Å²) in [6.45, 7) is 4.52. The SMILES string of the molecule is CCCCCCCCc1ccc2oc(-c3ccc(OCC(F)CCCCCC)cc3)nc2c1. The first-order valence-corrected chi connectivity index (χ1v) is 13.0. The molecule has 0 N–H and O–H groups in total. The summed E-state index contributed by atoms with van der Waals surface area (Å²) in [6, 6.07) is 13.9. The number of rotatable bonds is 16. The molecule has 3 aromatic rings. The van der Waals surface area contributed by atoms with Gasteiger partial charge in [0.2, 0.25) is 5.89 Å². The fourth-order valence-corrected chi connectivity index (χ4v) is 4.12. The van der Waals surface area contributed by atoms with Crippen molar-refractivity contribution in [3.63, 3.8) is 0 Å². The van der Waals surface area contributed by atoms with Crippen LogP contribution in [0.2, 0.25) is 0 Å². The van der Waals surface area contributed by atoms with Gasteiger partial charge >= 0.3 is 0 Å². The number of unbranched alkanes of at least 4 members (excludes halogenated alkanes) is 8. The number of hydrogen-bond donors (Lipinski definition) is 0. The summed E-state index contributed by atoms with van der Waals surface area (Å²) in [4.78, 5) is 4.70. The van der Waals surface area contributed by atoms with Crippen molar-refractivity contribution in [3.05, 3.63) is 48.0 Å². The smallest absolute Gasteiger partial charge is 0.227 e. The highest BCUT2D eigenvalue weighted by Crippen LogP contribution is 2.27. The predicted octanol–water partition coefficient (Wildman–Crippen LogP) is 9.09. The fraction of sp³-hybridized carbons (Fsp3) is 0.552. The largest absolute Gasteiger partial charge is 0.491 e. The van der Waals surface area contributed by atoms with Crippen LogP contribution in [0, 0.1) is 0 Å². The first kappa shape index (κ1) is 25.3. The van der Waals surface area contributed by atoms with E-state index < -0.39 is 6.17 Å². The highest BCUT2D eigenvalue weighted by atomic mass is 19.1. The van der Waals surface area contributed by atoms with E-state index in [1.165, 1.54) is 56.9 Å². The maximum Gasteiger partial charge on any atom is 0.227 e. The minimum Gasteiger partial charge on any atom is -0.491 e. The molecule has 2 aromatic carbocycles. The van der Waals surface area contributed by atoms with Crippen LogP contribution < -0.4 is 4.74 Å². The normalized spacial score (nSPS) is 12.3. The van der Waals surface area contributed by atoms with E-state index >= 15 is 0 Å². The number of aryl methyl sites for hydroxylation is 1. The lowest BCUT2D eigenvalue weighted by Gasteiger charge is -2.10. The van der Waals surface area contributed by atoms with Crippen molar-refractivity contribution in [2.75, 3.05) is 6.61 Å². The third-order valence-corrected chi connectivity index (χ3v) is 6.17. The van der Waals surface area contributed by atoms with Crippen LogP contribution in [0.5, 0.6) is 5.75 Å². The maximum atomic E-state index is 14.0. The summed E-state index contributed by atoms with van der Waals surface area (Å²) in [5, 5.41) is 0. The Bertz CT molecular complexity index is 934. The van der Waals surface area contributed by atoms with Crippen LogP contribution in [0.25, 0.3) is 22.6 Å². The molecular formula is C29H40FNO2. The Hall–Kier alpha value is -2.36. The number of alkyl halides is 1. The van der Waals surface area contributed by atoms with Gasteiger partial charge in [0, 0.05) is 5.56 Å². The molecule has 1 unspecified atom stereocenters. The molecule has 4 heteroatoms. The Balaban J connectivity index is 1.49. The van der Waals surface area contributed by atoms with Crippen molar-refractivity contribution in [2.45, 2.75) is 97.1 Å². The maximum absolute atomic E-state index is 14.0. The average molecular weight is 454 g/mol. The Morgan fingerprint density at radius 1 is 0.848 bits per heavy atom. The Morgan fingerprint density at radius 3 is 2.30 bits per heavy atom. The summed E-state index contributed by atoms with van der Waals surface area (Å²) in [6.07, 6.45) is 12.9. The lowest BCUT2D eigenvalue weighted by atomic mass is 10.0. The van der Waals surface area contributed by atoms with Crippen LogP contribution in [-0.4, -0.2) is 17.8 Å². The van der Waals surface area contributed by atoms with E-state index in [1.54, 1.807) is 0 Å². The van der Waals surface area contributed by atoms with E-state index in [1.807, 2.05) is 30.3 Å². The van der Waals surface area contributed by atoms with Crippen molar-refractivity contribution in [2.24, 2.45) is 0 Å². The number of hydrogen-bond acceptors (Lipinski definition) is 3. The zero-order valence-electron chi connectivity index (χ0n) is 20.5. The molecule has 0 radical (unpaired) electrons. The third kappa shape index (κ3) is 8.49. The second kappa shape index (κ2) is 14.0. The molecule has 0 fully saturated rings. The molecule has 0 amide bonds. The number of nitrogens with zero attached hydrogens (tertiary/aromatic N) is 1. The van der Waals surface area contributed by atoms with Gasteiger partial charge in [-0.25, -0.2) is 9.37 Å². The monoisotopic (exact) mass is 453 g/mol. The summed E-state index contributed by atoms with van der Waals surface area (Å²) in [5.74, 6) is 1.28. The molecule has 0 saturated heterocycles. The molecule has 3 nitrogen and oxygen atoms in total. The third-order valence-electron chi connectivity index (χ3n) is 6.17. The zero-order valence-corrected chi connectivity index (χ0v) is 20.5. The Kier molecular flexibility index (Phi) is 10.7. The summed E-state index contributed by atoms with van der Waals surface area (Å²) in [7, 11) is 0. The van der Waals surface area contributed by atoms with Gasteiger partial charge in [0.1, 0.15) is 24.0 Å². The molecule has 0 aliphatic rings. The van der Waals surface area contributed by atoms with Gasteiger partial charge in [-0.3, -0.25) is 0 Å². The first-order valence-electron chi connectivity index (χ1n) is 13.0. The van der Waals surface area contributed by atoms with Crippen molar-refractivity contribution in [1.29, 1.82) is 0 Å². The number of oxazole rings is 1. The predicted molar refractivity (Wildman–Crippen MR) is 136 cm³/mol. The summed E-state index contributed by atoms with van der Waals surface area (Å²) in [5.41, 5.74) is 3.92. The van der Waals surface area contributed by atoms with Crippen LogP contribution in [0.15, 0.2) is 46.9 Å².